The second-order valence-electron chi connectivity index (χ2n) is 0.171. The molecule has 2 radical (unpaired) electrons. The molecule has 0 aromatic heterocycles. The molecule has 0 fully saturated rings. The first-order valence-corrected chi connectivity index (χ1v) is 1.06. The van der Waals surface area contributed by atoms with Crippen LogP contribution in [0.4, 0.5) is 0 Å². The summed E-state index contributed by atoms with van der Waals surface area (Å²) in [6, 6.07) is 0. The second-order valence-corrected chi connectivity index (χ2v) is 0.363. The molecule has 1 N–H and O–H groups in total. The van der Waals surface area contributed by atoms with Crippen LogP contribution in [0.3, 0.4) is 0 Å². The smallest absolute Gasteiger partial charge is 0.263 e. The molecule has 0 aromatic rings. The molecule has 0 atom stereocenters. The largest absolute Gasteiger partial charge is 0.265 e. The van der Waals surface area contributed by atoms with Gasteiger partial charge in [-0.05, 0) is 0 Å². The minimum Gasteiger partial charge on any atom is -0.263 e. The predicted molar refractivity (Wildman–Crippen MR) is 11.9 cm³/mol. The van der Waals surface area contributed by atoms with Gasteiger partial charge in [0.2, 0.25) is 0 Å². The highest BCUT2D eigenvalue weighted by atomic mass is 28.2. The zero-order valence-electron chi connectivity index (χ0n) is 1.84. The lowest BCUT2D eigenvalue weighted by atomic mass is 14.6. The van der Waals surface area contributed by atoms with Crippen molar-refractivity contribution >= 4 is 10.5 Å². The molecule has 4 heteroatoms. The molecule has 4 heavy (non-hydrogen) atoms. The monoisotopic (exact) mass is 78.0 g/mol. The highest BCUT2D eigenvalue weighted by molar-refractivity contribution is 5.97. The minimum absolute atomic E-state index is 1.68. The number of hydrogen-bond acceptors (Lipinski definition) is 3. The Balaban J connectivity index is 1.97. The quantitative estimate of drug-likeness (QED) is 0.254. The molecule has 3 nitrogen and oxygen atoms in total. The van der Waals surface area contributed by atoms with Crippen LogP contribution in [0.5, 0.6) is 0 Å². The molecule has 0 saturated carbocycles. The number of hydrogen-bond donors (Lipinski definition) is 1. The molecule has 0 rings (SSSR count). The average Bonchev–Trinajstić information content (AvgIpc) is 1.37. The molecule has 0 aliphatic rings. The molecule has 0 heterocycles. The van der Waals surface area contributed by atoms with Crippen LogP contribution in [0.25, 0.3) is 0 Å². The van der Waals surface area contributed by atoms with Crippen LogP contribution >= 0.6 is 0 Å². The fourth-order valence-electron chi connectivity index (χ4n) is 0. The van der Waals surface area contributed by atoms with Gasteiger partial charge in [-0.1, -0.05) is 5.04 Å². The molecule has 0 aliphatic heterocycles. The van der Waals surface area contributed by atoms with E-state index in [1.807, 2.05) is 0 Å². The van der Waals surface area contributed by atoms with Crippen molar-refractivity contribution in [2.75, 3.05) is 0 Å². The van der Waals surface area contributed by atoms with Gasteiger partial charge in [-0.15, -0.1) is 0 Å². The van der Waals surface area contributed by atoms with Crippen LogP contribution in [0.2, 0.25) is 0 Å². The summed E-state index contributed by atoms with van der Waals surface area (Å²) in [5.41, 5.74) is 0. The van der Waals surface area contributed by atoms with E-state index in [2.05, 4.69) is 9.61 Å². The Labute approximate surface area is 26.5 Å². The summed E-state index contributed by atoms with van der Waals surface area (Å²) < 4.78 is 3.51. The first-order valence-electron chi connectivity index (χ1n) is 0.585. The maximum absolute atomic E-state index is 7.13. The lowest BCUT2D eigenvalue weighted by Gasteiger charge is -1.75. The first kappa shape index (κ1) is 4.10. The van der Waals surface area contributed by atoms with Crippen LogP contribution in [0, 0.1) is 0 Å². The first-order chi connectivity index (χ1) is 1.91. The molecular weight excluding hydrogens is 76.1 g/mol. The zero-order valence-corrected chi connectivity index (χ0v) is 3.00. The van der Waals surface area contributed by atoms with E-state index in [4.69, 9.17) is 5.26 Å². The van der Waals surface area contributed by atoms with Gasteiger partial charge in [-0.25, -0.2) is 5.26 Å². The average molecular weight is 78.1 g/mol. The van der Waals surface area contributed by atoms with Crippen molar-refractivity contribution in [1.82, 2.24) is 0 Å². The van der Waals surface area contributed by atoms with Gasteiger partial charge in [0.1, 0.15) is 0 Å². The summed E-state index contributed by atoms with van der Waals surface area (Å²) in [6.45, 7) is 0. The fourth-order valence-corrected chi connectivity index (χ4v) is 0. The summed E-state index contributed by atoms with van der Waals surface area (Å²) in [4.78, 5) is 0. The van der Waals surface area contributed by atoms with Gasteiger partial charge in [-0.2, -0.15) is 0 Å². The summed E-state index contributed by atoms with van der Waals surface area (Å²) in [7, 11) is 1.68. The Morgan fingerprint density at radius 3 is 2.00 bits per heavy atom. The van der Waals surface area contributed by atoms with Gasteiger partial charge >= 0.3 is 0 Å². The molecule has 0 amide bonds. The van der Waals surface area contributed by atoms with E-state index in [0.717, 1.165) is 0 Å². The molecule has 0 unspecified atom stereocenters. The van der Waals surface area contributed by atoms with E-state index in [1.165, 1.54) is 0 Å². The van der Waals surface area contributed by atoms with Gasteiger partial charge in [0.05, 0.1) is 0 Å². The fraction of sp³-hybridized carbons (Fsp3) is 0. The third kappa shape index (κ3) is 2.10. The Morgan fingerprint density at radius 1 is 1.75 bits per heavy atom. The maximum atomic E-state index is 7.13. The molecule has 0 saturated heterocycles. The predicted octanol–water partition coefficient (Wildman–Crippen LogP) is -0.777. The van der Waals surface area contributed by atoms with E-state index in [1.54, 1.807) is 10.5 Å². The Hall–Kier alpha value is 0.0969. The summed E-state index contributed by atoms with van der Waals surface area (Å²) in [6.07, 6.45) is 0. The van der Waals surface area contributed by atoms with E-state index < -0.39 is 0 Å². The van der Waals surface area contributed by atoms with Gasteiger partial charge in [-0.3, -0.25) is 4.58 Å². The van der Waals surface area contributed by atoms with Crippen molar-refractivity contribution in [2.24, 2.45) is 0 Å². The SMILES string of the molecule is OOO[SiH]. The van der Waals surface area contributed by atoms with Crippen molar-refractivity contribution in [1.29, 1.82) is 0 Å². The van der Waals surface area contributed by atoms with Crippen LogP contribution < -0.4 is 0 Å². The minimum atomic E-state index is 1.68. The molecule has 0 bridgehead atoms. The van der Waals surface area contributed by atoms with Crippen molar-refractivity contribution in [3.63, 3.8) is 0 Å². The Kier molecular flexibility index (Phi) is 3.17. The van der Waals surface area contributed by atoms with E-state index in [-0.39, 0.29) is 0 Å². The normalized spacial score (nSPS) is 7.50. The van der Waals surface area contributed by atoms with Crippen molar-refractivity contribution in [3.8, 4) is 0 Å². The van der Waals surface area contributed by atoms with Gasteiger partial charge < -0.3 is 0 Å². The highest BCUT2D eigenvalue weighted by Gasteiger charge is 1.52. The molecular formula is H2O3Si. The van der Waals surface area contributed by atoms with Gasteiger partial charge in [0.25, 0.3) is 10.5 Å². The van der Waals surface area contributed by atoms with E-state index in [0.29, 0.717) is 0 Å². The zero-order chi connectivity index (χ0) is 3.41. The topological polar surface area (TPSA) is 38.7 Å². The van der Waals surface area contributed by atoms with Crippen molar-refractivity contribution in [2.45, 2.75) is 0 Å². The second kappa shape index (κ2) is 3.10. The molecule has 0 aromatic carbocycles. The van der Waals surface area contributed by atoms with Crippen LogP contribution in [-0.4, -0.2) is 15.7 Å². The van der Waals surface area contributed by atoms with E-state index in [9.17, 15) is 0 Å². The highest BCUT2D eigenvalue weighted by Crippen LogP contribution is 1.48. The summed E-state index contributed by atoms with van der Waals surface area (Å²) >= 11 is 0. The van der Waals surface area contributed by atoms with Gasteiger partial charge in [0.15, 0.2) is 0 Å². The Bertz CT molecular complexity index is 5.25. The van der Waals surface area contributed by atoms with Gasteiger partial charge in [0, 0.05) is 0 Å². The molecule has 0 spiro atoms. The summed E-state index contributed by atoms with van der Waals surface area (Å²) in [5.74, 6) is 0. The third-order valence-electron chi connectivity index (χ3n) is 0.0430. The standard InChI is InChI=1S/H2O3Si/c1-2-3-4/h1,4H. The van der Waals surface area contributed by atoms with Crippen molar-refractivity contribution < 1.29 is 14.9 Å². The molecule has 24 valence electrons. The number of rotatable bonds is 1. The molecule has 0 aliphatic carbocycles. The van der Waals surface area contributed by atoms with Crippen LogP contribution in [0.1, 0.15) is 0 Å². The van der Waals surface area contributed by atoms with E-state index >= 15 is 0 Å². The maximum Gasteiger partial charge on any atom is 0.265 e. The third-order valence-corrected chi connectivity index (χ3v) is 0.129. The van der Waals surface area contributed by atoms with Crippen LogP contribution in [0.15, 0.2) is 0 Å². The lowest BCUT2D eigenvalue weighted by Crippen LogP contribution is -1.77. The summed E-state index contributed by atoms with van der Waals surface area (Å²) in [5, 5.41) is 10.1. The Morgan fingerprint density at radius 2 is 2.00 bits per heavy atom. The lowest BCUT2D eigenvalue weighted by molar-refractivity contribution is -0.439. The van der Waals surface area contributed by atoms with Crippen molar-refractivity contribution in [3.05, 3.63) is 0 Å². The van der Waals surface area contributed by atoms with Crippen LogP contribution in [-0.2, 0) is 9.61 Å².